The van der Waals surface area contributed by atoms with E-state index in [2.05, 4.69) is 10.1 Å². The fourth-order valence-corrected chi connectivity index (χ4v) is 1.93. The highest BCUT2D eigenvalue weighted by atomic mass is 19.3. The predicted octanol–water partition coefficient (Wildman–Crippen LogP) is 2.81. The van der Waals surface area contributed by atoms with Crippen molar-refractivity contribution in [3.63, 3.8) is 0 Å². The van der Waals surface area contributed by atoms with Crippen LogP contribution in [0.25, 0.3) is 0 Å². The van der Waals surface area contributed by atoms with Gasteiger partial charge in [-0.15, -0.1) is 0 Å². The average Bonchev–Trinajstić information content (AvgIpc) is 2.45. The number of hydrogen-bond donors (Lipinski definition) is 2. The number of hydrogen-bond acceptors (Lipinski definition) is 3. The Morgan fingerprint density at radius 3 is 2.62 bits per heavy atom. The number of para-hydroxylation sites is 1. The van der Waals surface area contributed by atoms with Crippen LogP contribution in [-0.4, -0.2) is 19.1 Å². The van der Waals surface area contributed by atoms with Crippen molar-refractivity contribution in [2.24, 2.45) is 5.73 Å². The number of halogens is 2. The molecule has 0 aliphatic rings. The fourth-order valence-electron chi connectivity index (χ4n) is 1.93. The van der Waals surface area contributed by atoms with E-state index in [1.54, 1.807) is 18.2 Å². The Hall–Kier alpha value is -1.69. The smallest absolute Gasteiger partial charge is 0.387 e. The lowest BCUT2D eigenvalue weighted by molar-refractivity contribution is -0.121. The lowest BCUT2D eigenvalue weighted by atomic mass is 10.1. The Kier molecular flexibility index (Phi) is 8.35. The Labute approximate surface area is 123 Å². The maximum Gasteiger partial charge on any atom is 0.387 e. The summed E-state index contributed by atoms with van der Waals surface area (Å²) < 4.78 is 28.9. The van der Waals surface area contributed by atoms with E-state index in [4.69, 9.17) is 5.73 Å². The molecule has 1 aromatic rings. The molecule has 0 aliphatic carbocycles. The van der Waals surface area contributed by atoms with Crippen LogP contribution in [0.3, 0.4) is 0 Å². The van der Waals surface area contributed by atoms with Crippen LogP contribution in [0.5, 0.6) is 5.75 Å². The Morgan fingerprint density at radius 2 is 1.90 bits per heavy atom. The van der Waals surface area contributed by atoms with Gasteiger partial charge in [-0.1, -0.05) is 31.0 Å². The van der Waals surface area contributed by atoms with E-state index in [1.807, 2.05) is 0 Å². The van der Waals surface area contributed by atoms with Crippen LogP contribution in [-0.2, 0) is 11.3 Å². The van der Waals surface area contributed by atoms with Gasteiger partial charge >= 0.3 is 6.61 Å². The second kappa shape index (κ2) is 10.1. The molecule has 3 N–H and O–H groups in total. The van der Waals surface area contributed by atoms with Gasteiger partial charge in [0.05, 0.1) is 0 Å². The molecule has 6 heteroatoms. The number of amides is 1. The average molecular weight is 300 g/mol. The van der Waals surface area contributed by atoms with E-state index in [9.17, 15) is 13.6 Å². The molecule has 4 nitrogen and oxygen atoms in total. The number of rotatable bonds is 10. The zero-order chi connectivity index (χ0) is 15.5. The minimum atomic E-state index is -2.87. The highest BCUT2D eigenvalue weighted by Gasteiger charge is 2.09. The number of ether oxygens (including phenoxy) is 1. The van der Waals surface area contributed by atoms with Crippen molar-refractivity contribution in [2.75, 3.05) is 6.54 Å². The van der Waals surface area contributed by atoms with Crippen LogP contribution in [0.4, 0.5) is 8.78 Å². The molecule has 0 aliphatic heterocycles. The minimum Gasteiger partial charge on any atom is -0.434 e. The van der Waals surface area contributed by atoms with Gasteiger partial charge in [-0.25, -0.2) is 0 Å². The van der Waals surface area contributed by atoms with Gasteiger partial charge in [-0.2, -0.15) is 8.78 Å². The summed E-state index contributed by atoms with van der Waals surface area (Å²) in [6, 6.07) is 6.44. The molecule has 0 unspecified atom stereocenters. The molecule has 21 heavy (non-hydrogen) atoms. The Balaban J connectivity index is 2.32. The summed E-state index contributed by atoms with van der Waals surface area (Å²) >= 11 is 0. The molecule has 0 fully saturated rings. The SMILES string of the molecule is NCCCCCCC(=O)NCc1ccccc1OC(F)F. The van der Waals surface area contributed by atoms with E-state index in [-0.39, 0.29) is 18.2 Å². The summed E-state index contributed by atoms with van der Waals surface area (Å²) in [6.07, 6.45) is 4.20. The molecule has 0 bridgehead atoms. The molecular formula is C15H22F2N2O2. The number of carbonyl (C=O) groups excluding carboxylic acids is 1. The highest BCUT2D eigenvalue weighted by Crippen LogP contribution is 2.19. The number of nitrogens with one attached hydrogen (secondary N) is 1. The first kappa shape index (κ1) is 17.4. The quantitative estimate of drug-likeness (QED) is 0.653. The third-order valence-electron chi connectivity index (χ3n) is 3.02. The van der Waals surface area contributed by atoms with Gasteiger partial charge in [0.15, 0.2) is 0 Å². The molecule has 0 saturated heterocycles. The van der Waals surface area contributed by atoms with Crippen LogP contribution >= 0.6 is 0 Å². The molecule has 0 heterocycles. The molecule has 1 amide bonds. The number of nitrogens with two attached hydrogens (primary N) is 1. The number of alkyl halides is 2. The third kappa shape index (κ3) is 7.60. The molecule has 0 aromatic heterocycles. The zero-order valence-corrected chi connectivity index (χ0v) is 12.0. The molecule has 0 saturated carbocycles. The largest absolute Gasteiger partial charge is 0.434 e. The normalized spacial score (nSPS) is 10.7. The summed E-state index contributed by atoms with van der Waals surface area (Å²) in [5.74, 6) is 0.00495. The van der Waals surface area contributed by atoms with Crippen molar-refractivity contribution < 1.29 is 18.3 Å². The first-order valence-corrected chi connectivity index (χ1v) is 7.13. The third-order valence-corrected chi connectivity index (χ3v) is 3.02. The van der Waals surface area contributed by atoms with E-state index in [0.29, 0.717) is 18.5 Å². The van der Waals surface area contributed by atoms with Crippen molar-refractivity contribution in [1.82, 2.24) is 5.32 Å². The van der Waals surface area contributed by atoms with Crippen LogP contribution in [0.1, 0.15) is 37.7 Å². The lowest BCUT2D eigenvalue weighted by Crippen LogP contribution is -2.22. The topological polar surface area (TPSA) is 64.4 Å². The highest BCUT2D eigenvalue weighted by molar-refractivity contribution is 5.75. The van der Waals surface area contributed by atoms with Gasteiger partial charge in [0.2, 0.25) is 5.91 Å². The number of benzene rings is 1. The Morgan fingerprint density at radius 1 is 1.19 bits per heavy atom. The zero-order valence-electron chi connectivity index (χ0n) is 12.0. The Bertz CT molecular complexity index is 428. The molecular weight excluding hydrogens is 278 g/mol. The molecule has 118 valence electrons. The lowest BCUT2D eigenvalue weighted by Gasteiger charge is -2.11. The summed E-state index contributed by atoms with van der Waals surface area (Å²) in [6.45, 7) is -2.01. The van der Waals surface area contributed by atoms with E-state index in [1.165, 1.54) is 6.07 Å². The van der Waals surface area contributed by atoms with Crippen molar-refractivity contribution >= 4 is 5.91 Å². The monoisotopic (exact) mass is 300 g/mol. The van der Waals surface area contributed by atoms with Crippen molar-refractivity contribution in [3.05, 3.63) is 29.8 Å². The molecule has 1 rings (SSSR count). The van der Waals surface area contributed by atoms with Crippen molar-refractivity contribution in [1.29, 1.82) is 0 Å². The standard InChI is InChI=1S/C15H22F2N2O2/c16-15(17)21-13-8-5-4-7-12(13)11-19-14(20)9-3-1-2-6-10-18/h4-5,7-8,15H,1-3,6,9-11,18H2,(H,19,20). The second-order valence-corrected chi connectivity index (χ2v) is 4.72. The van der Waals surface area contributed by atoms with Gasteiger partial charge in [-0.3, -0.25) is 4.79 Å². The maximum absolute atomic E-state index is 12.2. The van der Waals surface area contributed by atoms with Crippen molar-refractivity contribution in [3.8, 4) is 5.75 Å². The van der Waals surface area contributed by atoms with Gasteiger partial charge < -0.3 is 15.8 Å². The summed E-state index contributed by atoms with van der Waals surface area (Å²) in [4.78, 5) is 11.7. The molecule has 1 aromatic carbocycles. The van der Waals surface area contributed by atoms with Crippen LogP contribution in [0, 0.1) is 0 Å². The summed E-state index contributed by atoms with van der Waals surface area (Å²) in [5, 5.41) is 2.71. The molecule has 0 radical (unpaired) electrons. The summed E-state index contributed by atoms with van der Waals surface area (Å²) in [7, 11) is 0. The van der Waals surface area contributed by atoms with Gasteiger partial charge in [0.1, 0.15) is 5.75 Å². The number of unbranched alkanes of at least 4 members (excludes halogenated alkanes) is 3. The van der Waals surface area contributed by atoms with Gasteiger partial charge in [0.25, 0.3) is 0 Å². The van der Waals surface area contributed by atoms with E-state index in [0.717, 1.165) is 25.7 Å². The first-order chi connectivity index (χ1) is 10.1. The second-order valence-electron chi connectivity index (χ2n) is 4.72. The number of carbonyl (C=O) groups is 1. The summed E-state index contributed by atoms with van der Waals surface area (Å²) in [5.41, 5.74) is 5.92. The maximum atomic E-state index is 12.2. The van der Waals surface area contributed by atoms with E-state index >= 15 is 0 Å². The molecule has 0 atom stereocenters. The predicted molar refractivity (Wildman–Crippen MR) is 77.1 cm³/mol. The van der Waals surface area contributed by atoms with Crippen LogP contribution in [0.2, 0.25) is 0 Å². The first-order valence-electron chi connectivity index (χ1n) is 7.13. The van der Waals surface area contributed by atoms with E-state index < -0.39 is 6.61 Å². The van der Waals surface area contributed by atoms with Gasteiger partial charge in [-0.05, 0) is 25.5 Å². The van der Waals surface area contributed by atoms with Crippen LogP contribution in [0.15, 0.2) is 24.3 Å². The molecule has 0 spiro atoms. The van der Waals surface area contributed by atoms with Crippen molar-refractivity contribution in [2.45, 2.75) is 45.3 Å². The van der Waals surface area contributed by atoms with Crippen LogP contribution < -0.4 is 15.8 Å². The van der Waals surface area contributed by atoms with Gasteiger partial charge in [0, 0.05) is 18.5 Å². The fraction of sp³-hybridized carbons (Fsp3) is 0.533. The minimum absolute atomic E-state index is 0.0883.